The quantitative estimate of drug-likeness (QED) is 0.892. The van der Waals surface area contributed by atoms with Crippen molar-refractivity contribution in [3.05, 3.63) is 28.2 Å². The molecule has 1 N–H and O–H groups in total. The maximum absolute atomic E-state index is 10.7. The zero-order valence-electron chi connectivity index (χ0n) is 9.08. The first-order valence-corrected chi connectivity index (χ1v) is 6.05. The minimum atomic E-state index is -0.782. The van der Waals surface area contributed by atoms with Gasteiger partial charge in [0, 0.05) is 15.5 Å². The zero-order chi connectivity index (χ0) is 12.5. The predicted octanol–water partition coefficient (Wildman–Crippen LogP) is 3.63. The Kier molecular flexibility index (Phi) is 3.50. The molecule has 0 spiro atoms. The lowest BCUT2D eigenvalue weighted by Gasteiger charge is -2.14. The van der Waals surface area contributed by atoms with Crippen molar-refractivity contribution in [2.45, 2.75) is 19.3 Å². The van der Waals surface area contributed by atoms with E-state index in [4.69, 9.17) is 33.0 Å². The number of aliphatic carboxylic acids is 1. The minimum absolute atomic E-state index is 0.154. The smallest absolute Gasteiger partial charge is 0.304 e. The van der Waals surface area contributed by atoms with Crippen molar-refractivity contribution in [3.8, 4) is 5.75 Å². The summed E-state index contributed by atoms with van der Waals surface area (Å²) in [5.41, 5.74) is -0.194. The summed E-state index contributed by atoms with van der Waals surface area (Å²) < 4.78 is 5.56. The number of hydrogen-bond donors (Lipinski definition) is 1. The fourth-order valence-electron chi connectivity index (χ4n) is 1.72. The van der Waals surface area contributed by atoms with Crippen LogP contribution in [0, 0.1) is 5.41 Å². The van der Waals surface area contributed by atoms with Gasteiger partial charge in [-0.1, -0.05) is 23.2 Å². The second kappa shape index (κ2) is 4.75. The Hall–Kier alpha value is -0.930. The summed E-state index contributed by atoms with van der Waals surface area (Å²) in [6, 6.07) is 4.97. The Morgan fingerprint density at radius 2 is 1.88 bits per heavy atom. The summed E-state index contributed by atoms with van der Waals surface area (Å²) in [5.74, 6) is -0.200. The number of carboxylic acids is 1. The Morgan fingerprint density at radius 3 is 2.35 bits per heavy atom. The van der Waals surface area contributed by atoms with Crippen LogP contribution < -0.4 is 4.74 Å². The standard InChI is InChI=1S/C12H12Cl2O3/c13-8-3-9(14)5-10(4-8)17-7-12(1-2-12)6-11(15)16/h3-5H,1-2,6-7H2,(H,15,16). The van der Waals surface area contributed by atoms with Crippen LogP contribution in [0.4, 0.5) is 0 Å². The van der Waals surface area contributed by atoms with Crippen LogP contribution >= 0.6 is 23.2 Å². The maximum atomic E-state index is 10.7. The molecule has 0 aliphatic heterocycles. The molecule has 0 aromatic heterocycles. The summed E-state index contributed by atoms with van der Waals surface area (Å²) in [4.78, 5) is 10.7. The van der Waals surface area contributed by atoms with Crippen LogP contribution in [-0.2, 0) is 4.79 Å². The van der Waals surface area contributed by atoms with Crippen LogP contribution in [0.1, 0.15) is 19.3 Å². The van der Waals surface area contributed by atoms with Crippen LogP contribution in [-0.4, -0.2) is 17.7 Å². The third-order valence-corrected chi connectivity index (χ3v) is 3.30. The molecule has 17 heavy (non-hydrogen) atoms. The molecule has 1 aliphatic rings. The van der Waals surface area contributed by atoms with E-state index in [-0.39, 0.29) is 11.8 Å². The maximum Gasteiger partial charge on any atom is 0.304 e. The van der Waals surface area contributed by atoms with Crippen molar-refractivity contribution in [1.82, 2.24) is 0 Å². The lowest BCUT2D eigenvalue weighted by atomic mass is 10.0. The van der Waals surface area contributed by atoms with E-state index in [1.165, 1.54) is 0 Å². The van der Waals surface area contributed by atoms with E-state index >= 15 is 0 Å². The molecule has 3 nitrogen and oxygen atoms in total. The van der Waals surface area contributed by atoms with Crippen molar-refractivity contribution in [3.63, 3.8) is 0 Å². The van der Waals surface area contributed by atoms with Crippen molar-refractivity contribution >= 4 is 29.2 Å². The van der Waals surface area contributed by atoms with Crippen LogP contribution in [0.3, 0.4) is 0 Å². The van der Waals surface area contributed by atoms with Gasteiger partial charge in [-0.15, -0.1) is 0 Å². The minimum Gasteiger partial charge on any atom is -0.493 e. The van der Waals surface area contributed by atoms with Crippen LogP contribution in [0.15, 0.2) is 18.2 Å². The highest BCUT2D eigenvalue weighted by Gasteiger charge is 2.45. The molecule has 1 aliphatic carbocycles. The van der Waals surface area contributed by atoms with E-state index in [2.05, 4.69) is 0 Å². The molecule has 0 atom stereocenters. The first-order valence-electron chi connectivity index (χ1n) is 5.30. The second-order valence-electron chi connectivity index (χ2n) is 4.46. The summed E-state index contributed by atoms with van der Waals surface area (Å²) >= 11 is 11.7. The van der Waals surface area contributed by atoms with Gasteiger partial charge in [0.2, 0.25) is 0 Å². The molecule has 5 heteroatoms. The number of benzene rings is 1. The molecule has 0 unspecified atom stereocenters. The highest BCUT2D eigenvalue weighted by Crippen LogP contribution is 2.49. The van der Waals surface area contributed by atoms with Gasteiger partial charge in [0.05, 0.1) is 13.0 Å². The van der Waals surface area contributed by atoms with Gasteiger partial charge in [-0.25, -0.2) is 0 Å². The molecule has 92 valence electrons. The van der Waals surface area contributed by atoms with E-state index in [1.54, 1.807) is 18.2 Å². The van der Waals surface area contributed by atoms with Gasteiger partial charge >= 0.3 is 5.97 Å². The number of hydrogen-bond acceptors (Lipinski definition) is 2. The molecular formula is C12H12Cl2O3. The van der Waals surface area contributed by atoms with Crippen LogP contribution in [0.25, 0.3) is 0 Å². The fraction of sp³-hybridized carbons (Fsp3) is 0.417. The van der Waals surface area contributed by atoms with Gasteiger partial charge < -0.3 is 9.84 Å². The lowest BCUT2D eigenvalue weighted by molar-refractivity contribution is -0.138. The number of ether oxygens (including phenoxy) is 1. The van der Waals surface area contributed by atoms with Crippen molar-refractivity contribution in [1.29, 1.82) is 0 Å². The van der Waals surface area contributed by atoms with Gasteiger partial charge in [-0.05, 0) is 31.0 Å². The van der Waals surface area contributed by atoms with Crippen molar-refractivity contribution in [2.24, 2.45) is 5.41 Å². The molecule has 1 aromatic rings. The van der Waals surface area contributed by atoms with Crippen LogP contribution in [0.2, 0.25) is 10.0 Å². The fourth-order valence-corrected chi connectivity index (χ4v) is 2.22. The third-order valence-electron chi connectivity index (χ3n) is 2.86. The van der Waals surface area contributed by atoms with Gasteiger partial charge in [0.1, 0.15) is 5.75 Å². The monoisotopic (exact) mass is 274 g/mol. The van der Waals surface area contributed by atoms with E-state index in [0.717, 1.165) is 12.8 Å². The summed E-state index contributed by atoms with van der Waals surface area (Å²) in [6.07, 6.45) is 1.95. The first kappa shape index (κ1) is 12.5. The number of carbonyl (C=O) groups is 1. The lowest BCUT2D eigenvalue weighted by Crippen LogP contribution is -2.17. The average Bonchev–Trinajstić information content (AvgIpc) is 2.93. The van der Waals surface area contributed by atoms with E-state index < -0.39 is 5.97 Å². The SMILES string of the molecule is O=C(O)CC1(COc2cc(Cl)cc(Cl)c2)CC1. The van der Waals surface area contributed by atoms with E-state index in [9.17, 15) is 4.79 Å². The van der Waals surface area contributed by atoms with Gasteiger partial charge in [-0.2, -0.15) is 0 Å². The number of halogens is 2. The topological polar surface area (TPSA) is 46.5 Å². The Morgan fingerprint density at radius 1 is 1.29 bits per heavy atom. The summed E-state index contributed by atoms with van der Waals surface area (Å²) in [5, 5.41) is 9.80. The second-order valence-corrected chi connectivity index (χ2v) is 5.34. The van der Waals surface area contributed by atoms with Gasteiger partial charge in [0.25, 0.3) is 0 Å². The molecular weight excluding hydrogens is 263 g/mol. The largest absolute Gasteiger partial charge is 0.493 e. The molecule has 2 rings (SSSR count). The van der Waals surface area contributed by atoms with E-state index in [0.29, 0.717) is 22.4 Å². The van der Waals surface area contributed by atoms with Crippen molar-refractivity contribution in [2.75, 3.05) is 6.61 Å². The van der Waals surface area contributed by atoms with E-state index in [1.807, 2.05) is 0 Å². The molecule has 0 saturated heterocycles. The average molecular weight is 275 g/mol. The highest BCUT2D eigenvalue weighted by molar-refractivity contribution is 6.34. The Balaban J connectivity index is 1.96. The molecule has 1 fully saturated rings. The number of rotatable bonds is 5. The van der Waals surface area contributed by atoms with Gasteiger partial charge in [0.15, 0.2) is 0 Å². The number of carboxylic acid groups (broad SMARTS) is 1. The first-order chi connectivity index (χ1) is 7.99. The van der Waals surface area contributed by atoms with Gasteiger partial charge in [-0.3, -0.25) is 4.79 Å². The van der Waals surface area contributed by atoms with Crippen LogP contribution in [0.5, 0.6) is 5.75 Å². The highest BCUT2D eigenvalue weighted by atomic mass is 35.5. The molecule has 0 radical (unpaired) electrons. The normalized spacial score (nSPS) is 16.6. The molecule has 1 saturated carbocycles. The summed E-state index contributed by atoms with van der Waals surface area (Å²) in [7, 11) is 0. The molecule has 0 heterocycles. The Labute approximate surface area is 109 Å². The predicted molar refractivity (Wildman–Crippen MR) is 65.9 cm³/mol. The molecule has 0 amide bonds. The summed E-state index contributed by atoms with van der Waals surface area (Å²) in [6.45, 7) is 0.399. The third kappa shape index (κ3) is 3.51. The Bertz CT molecular complexity index is 421. The van der Waals surface area contributed by atoms with Crippen molar-refractivity contribution < 1.29 is 14.6 Å². The molecule has 0 bridgehead atoms. The molecule has 1 aromatic carbocycles. The zero-order valence-corrected chi connectivity index (χ0v) is 10.6.